The molecule has 1 aromatic rings. The van der Waals surface area contributed by atoms with Crippen molar-refractivity contribution < 1.29 is 4.74 Å². The average molecular weight is 171 g/mol. The van der Waals surface area contributed by atoms with Crippen LogP contribution in [0.5, 0.6) is 0 Å². The molecule has 0 atom stereocenters. The summed E-state index contributed by atoms with van der Waals surface area (Å²) in [6.07, 6.45) is 2.97. The zero-order valence-electron chi connectivity index (χ0n) is 6.96. The van der Waals surface area contributed by atoms with Crippen molar-refractivity contribution in [3.05, 3.63) is 16.1 Å². The second-order valence-corrected chi connectivity index (χ2v) is 3.72. The van der Waals surface area contributed by atoms with Crippen LogP contribution in [0.1, 0.15) is 23.2 Å². The van der Waals surface area contributed by atoms with E-state index < -0.39 is 0 Å². The van der Waals surface area contributed by atoms with Crippen LogP contribution in [0.25, 0.3) is 0 Å². The van der Waals surface area contributed by atoms with Gasteiger partial charge in [0.05, 0.1) is 16.5 Å². The highest BCUT2D eigenvalue weighted by Crippen LogP contribution is 2.12. The maximum atomic E-state index is 5.35. The minimum absolute atomic E-state index is 0.722. The predicted octanol–water partition coefficient (Wildman–Crippen LogP) is 2.38. The van der Waals surface area contributed by atoms with Gasteiger partial charge in [-0.25, -0.2) is 4.98 Å². The van der Waals surface area contributed by atoms with Gasteiger partial charge in [-0.15, -0.1) is 11.3 Å². The third-order valence-electron chi connectivity index (χ3n) is 1.26. The van der Waals surface area contributed by atoms with Crippen LogP contribution in [0.15, 0.2) is 6.20 Å². The van der Waals surface area contributed by atoms with Gasteiger partial charge in [0.25, 0.3) is 0 Å². The highest BCUT2D eigenvalue weighted by Gasteiger charge is 1.96. The fraction of sp³-hybridized carbons (Fsp3) is 0.625. The average Bonchev–Trinajstić information content (AvgIpc) is 2.37. The van der Waals surface area contributed by atoms with E-state index in [4.69, 9.17) is 4.74 Å². The largest absolute Gasteiger partial charge is 0.376 e. The lowest BCUT2D eigenvalue weighted by Gasteiger charge is -1.96. The van der Waals surface area contributed by atoms with Gasteiger partial charge >= 0.3 is 0 Å². The molecule has 0 amide bonds. The summed E-state index contributed by atoms with van der Waals surface area (Å²) in [5.41, 5.74) is 0. The lowest BCUT2D eigenvalue weighted by molar-refractivity contribution is 0.123. The molecule has 0 radical (unpaired) electrons. The molecule has 0 unspecified atom stereocenters. The molecule has 1 rings (SSSR count). The van der Waals surface area contributed by atoms with Crippen molar-refractivity contribution in [2.45, 2.75) is 26.9 Å². The minimum atomic E-state index is 0.722. The number of ether oxygens (including phenoxy) is 1. The highest BCUT2D eigenvalue weighted by molar-refractivity contribution is 7.11. The van der Waals surface area contributed by atoms with Crippen LogP contribution in [-0.2, 0) is 11.3 Å². The molecule has 3 heteroatoms. The van der Waals surface area contributed by atoms with Gasteiger partial charge in [0.2, 0.25) is 0 Å². The van der Waals surface area contributed by atoms with Gasteiger partial charge in [-0.2, -0.15) is 0 Å². The number of hydrogen-bond donors (Lipinski definition) is 0. The quantitative estimate of drug-likeness (QED) is 0.649. The van der Waals surface area contributed by atoms with Crippen molar-refractivity contribution >= 4 is 11.3 Å². The Morgan fingerprint density at radius 3 is 3.00 bits per heavy atom. The predicted molar refractivity (Wildman–Crippen MR) is 46.8 cm³/mol. The first-order valence-corrected chi connectivity index (χ1v) is 4.63. The molecule has 11 heavy (non-hydrogen) atoms. The van der Waals surface area contributed by atoms with E-state index in [1.54, 1.807) is 11.3 Å². The Balaban J connectivity index is 2.27. The molecule has 0 saturated carbocycles. The van der Waals surface area contributed by atoms with Gasteiger partial charge in [0.1, 0.15) is 0 Å². The first-order chi connectivity index (χ1) is 5.33. The standard InChI is InChI=1S/C8H13NOS/c1-3-4-10-6-8-5-9-7(2)11-8/h5H,3-4,6H2,1-2H3. The molecule has 1 aromatic heterocycles. The molecular weight excluding hydrogens is 158 g/mol. The van der Waals surface area contributed by atoms with Crippen LogP contribution in [0.4, 0.5) is 0 Å². The van der Waals surface area contributed by atoms with Gasteiger partial charge in [-0.1, -0.05) is 6.92 Å². The van der Waals surface area contributed by atoms with Crippen molar-refractivity contribution in [2.24, 2.45) is 0 Å². The number of aromatic nitrogens is 1. The van der Waals surface area contributed by atoms with Crippen LogP contribution in [0.2, 0.25) is 0 Å². The molecular formula is C8H13NOS. The SMILES string of the molecule is CCCOCc1cnc(C)s1. The summed E-state index contributed by atoms with van der Waals surface area (Å²) in [4.78, 5) is 5.35. The molecule has 0 aliphatic heterocycles. The zero-order chi connectivity index (χ0) is 8.10. The Bertz CT molecular complexity index is 210. The normalized spacial score (nSPS) is 10.4. The van der Waals surface area contributed by atoms with E-state index in [-0.39, 0.29) is 0 Å². The third kappa shape index (κ3) is 2.99. The van der Waals surface area contributed by atoms with E-state index >= 15 is 0 Å². The molecule has 0 fully saturated rings. The maximum Gasteiger partial charge on any atom is 0.0897 e. The van der Waals surface area contributed by atoms with E-state index in [0.717, 1.165) is 24.6 Å². The van der Waals surface area contributed by atoms with Gasteiger partial charge < -0.3 is 4.74 Å². The number of rotatable bonds is 4. The molecule has 0 aromatic carbocycles. The lowest BCUT2D eigenvalue weighted by atomic mass is 10.5. The fourth-order valence-electron chi connectivity index (χ4n) is 0.789. The number of nitrogens with zero attached hydrogens (tertiary/aromatic N) is 1. The van der Waals surface area contributed by atoms with E-state index in [2.05, 4.69) is 11.9 Å². The number of aryl methyl sites for hydroxylation is 1. The first kappa shape index (κ1) is 8.68. The van der Waals surface area contributed by atoms with E-state index in [0.29, 0.717) is 0 Å². The van der Waals surface area contributed by atoms with E-state index in [1.807, 2.05) is 13.1 Å². The molecule has 62 valence electrons. The van der Waals surface area contributed by atoms with Crippen LogP contribution in [0, 0.1) is 6.92 Å². The molecule has 0 N–H and O–H groups in total. The molecule has 0 spiro atoms. The summed E-state index contributed by atoms with van der Waals surface area (Å²) in [6, 6.07) is 0. The van der Waals surface area contributed by atoms with Crippen molar-refractivity contribution in [1.29, 1.82) is 0 Å². The van der Waals surface area contributed by atoms with Gasteiger partial charge in [0, 0.05) is 12.8 Å². The summed E-state index contributed by atoms with van der Waals surface area (Å²) in [6.45, 7) is 5.68. The van der Waals surface area contributed by atoms with Gasteiger partial charge in [-0.05, 0) is 13.3 Å². The molecule has 0 saturated heterocycles. The topological polar surface area (TPSA) is 22.1 Å². The monoisotopic (exact) mass is 171 g/mol. The lowest BCUT2D eigenvalue weighted by Crippen LogP contribution is -1.90. The highest BCUT2D eigenvalue weighted by atomic mass is 32.1. The van der Waals surface area contributed by atoms with Crippen molar-refractivity contribution in [1.82, 2.24) is 4.98 Å². The van der Waals surface area contributed by atoms with Crippen molar-refractivity contribution in [3.63, 3.8) is 0 Å². The molecule has 0 aliphatic rings. The summed E-state index contributed by atoms with van der Waals surface area (Å²) in [5, 5.41) is 1.11. The number of hydrogen-bond acceptors (Lipinski definition) is 3. The van der Waals surface area contributed by atoms with Crippen LogP contribution < -0.4 is 0 Å². The van der Waals surface area contributed by atoms with Crippen LogP contribution >= 0.6 is 11.3 Å². The Hall–Kier alpha value is -0.410. The van der Waals surface area contributed by atoms with E-state index in [9.17, 15) is 0 Å². The third-order valence-corrected chi connectivity index (χ3v) is 2.15. The Labute approximate surface area is 71.2 Å². The number of thiazole rings is 1. The summed E-state index contributed by atoms with van der Waals surface area (Å²) in [7, 11) is 0. The van der Waals surface area contributed by atoms with Crippen molar-refractivity contribution in [3.8, 4) is 0 Å². The molecule has 2 nitrogen and oxygen atoms in total. The molecule has 1 heterocycles. The van der Waals surface area contributed by atoms with Crippen molar-refractivity contribution in [2.75, 3.05) is 6.61 Å². The van der Waals surface area contributed by atoms with Crippen LogP contribution in [0.3, 0.4) is 0 Å². The second-order valence-electron chi connectivity index (χ2n) is 2.40. The van der Waals surface area contributed by atoms with Gasteiger partial charge in [-0.3, -0.25) is 0 Å². The van der Waals surface area contributed by atoms with E-state index in [1.165, 1.54) is 4.88 Å². The summed E-state index contributed by atoms with van der Waals surface area (Å²) >= 11 is 1.70. The Morgan fingerprint density at radius 1 is 1.64 bits per heavy atom. The summed E-state index contributed by atoms with van der Waals surface area (Å²) in [5.74, 6) is 0. The molecule has 0 aliphatic carbocycles. The summed E-state index contributed by atoms with van der Waals surface area (Å²) < 4.78 is 5.35. The molecule has 0 bridgehead atoms. The second kappa shape index (κ2) is 4.46. The van der Waals surface area contributed by atoms with Crippen LogP contribution in [-0.4, -0.2) is 11.6 Å². The fourth-order valence-corrected chi connectivity index (χ4v) is 1.52. The zero-order valence-corrected chi connectivity index (χ0v) is 7.78. The smallest absolute Gasteiger partial charge is 0.0897 e. The minimum Gasteiger partial charge on any atom is -0.376 e. The Morgan fingerprint density at radius 2 is 2.45 bits per heavy atom. The Kier molecular flexibility index (Phi) is 3.52. The first-order valence-electron chi connectivity index (χ1n) is 3.82. The van der Waals surface area contributed by atoms with Gasteiger partial charge in [0.15, 0.2) is 0 Å². The maximum absolute atomic E-state index is 5.35.